The van der Waals surface area contributed by atoms with Crippen molar-refractivity contribution >= 4 is 49.2 Å². The van der Waals surface area contributed by atoms with Crippen molar-refractivity contribution in [3.63, 3.8) is 0 Å². The van der Waals surface area contributed by atoms with Gasteiger partial charge < -0.3 is 4.74 Å². The Hall–Kier alpha value is -0.840. The zero-order valence-corrected chi connectivity index (χ0v) is 14.5. The Morgan fingerprint density at radius 2 is 1.90 bits per heavy atom. The lowest BCUT2D eigenvalue weighted by Crippen LogP contribution is -2.04. The Kier molecular flexibility index (Phi) is 5.24. The van der Waals surface area contributed by atoms with Crippen LogP contribution in [0.25, 0.3) is 0 Å². The van der Waals surface area contributed by atoms with Crippen LogP contribution in [0.4, 0.5) is 0 Å². The summed E-state index contributed by atoms with van der Waals surface area (Å²) in [4.78, 5) is 12.5. The van der Waals surface area contributed by atoms with E-state index in [1.165, 1.54) is 0 Å². The molecule has 0 atom stereocenters. The number of carbonyl (C=O) groups is 1. The predicted molar refractivity (Wildman–Crippen MR) is 87.9 cm³/mol. The first-order valence-corrected chi connectivity index (χ1v) is 7.92. The summed E-state index contributed by atoms with van der Waals surface area (Å²) in [6.45, 7) is 2.49. The van der Waals surface area contributed by atoms with Crippen molar-refractivity contribution in [3.05, 3.63) is 61.5 Å². The van der Waals surface area contributed by atoms with Crippen molar-refractivity contribution < 1.29 is 9.53 Å². The average Bonchev–Trinajstić information content (AvgIpc) is 2.42. The van der Waals surface area contributed by atoms with Gasteiger partial charge >= 0.3 is 0 Å². The highest BCUT2D eigenvalue weighted by molar-refractivity contribution is 9.10. The van der Waals surface area contributed by atoms with Crippen LogP contribution in [-0.4, -0.2) is 12.4 Å². The van der Waals surface area contributed by atoms with Gasteiger partial charge in [-0.1, -0.05) is 17.7 Å². The fourth-order valence-electron chi connectivity index (χ4n) is 1.76. The van der Waals surface area contributed by atoms with Crippen LogP contribution in [0, 0.1) is 0 Å². The second kappa shape index (κ2) is 6.74. The van der Waals surface area contributed by atoms with Gasteiger partial charge in [0, 0.05) is 20.1 Å². The number of ketones is 1. The van der Waals surface area contributed by atoms with Gasteiger partial charge in [-0.25, -0.2) is 0 Å². The number of ether oxygens (including phenoxy) is 1. The molecule has 2 nitrogen and oxygen atoms in total. The molecule has 0 bridgehead atoms. The van der Waals surface area contributed by atoms with E-state index in [4.69, 9.17) is 16.3 Å². The first kappa shape index (κ1) is 15.5. The van der Waals surface area contributed by atoms with Gasteiger partial charge in [-0.2, -0.15) is 0 Å². The van der Waals surface area contributed by atoms with Crippen LogP contribution in [0.15, 0.2) is 45.3 Å². The molecule has 0 spiro atoms. The summed E-state index contributed by atoms with van der Waals surface area (Å²) in [6.07, 6.45) is 0. The minimum atomic E-state index is -0.133. The van der Waals surface area contributed by atoms with Crippen molar-refractivity contribution in [1.29, 1.82) is 0 Å². The second-order valence-corrected chi connectivity index (χ2v) is 6.09. The molecule has 5 heteroatoms. The summed E-state index contributed by atoms with van der Waals surface area (Å²) in [6, 6.07) is 10.6. The van der Waals surface area contributed by atoms with Crippen LogP contribution in [-0.2, 0) is 0 Å². The molecule has 0 aliphatic heterocycles. The van der Waals surface area contributed by atoms with E-state index >= 15 is 0 Å². The molecule has 0 N–H and O–H groups in total. The third-order valence-electron chi connectivity index (χ3n) is 2.69. The maximum absolute atomic E-state index is 12.5. The lowest BCUT2D eigenvalue weighted by molar-refractivity contribution is 0.103. The molecular formula is C15H11Br2ClO2. The lowest BCUT2D eigenvalue weighted by Gasteiger charge is -2.09. The highest BCUT2D eigenvalue weighted by Crippen LogP contribution is 2.31. The quantitative estimate of drug-likeness (QED) is 0.614. The molecule has 0 saturated heterocycles. The van der Waals surface area contributed by atoms with E-state index in [0.29, 0.717) is 31.7 Å². The fraction of sp³-hybridized carbons (Fsp3) is 0.133. The van der Waals surface area contributed by atoms with E-state index in [1.807, 2.05) is 6.92 Å². The van der Waals surface area contributed by atoms with E-state index in [-0.39, 0.29) is 5.78 Å². The maximum atomic E-state index is 12.5. The first-order valence-electron chi connectivity index (χ1n) is 5.95. The number of carbonyl (C=O) groups excluding carboxylic acids is 1. The average molecular weight is 419 g/mol. The van der Waals surface area contributed by atoms with Gasteiger partial charge in [0.25, 0.3) is 0 Å². The molecule has 0 heterocycles. The van der Waals surface area contributed by atoms with E-state index in [9.17, 15) is 4.79 Å². The van der Waals surface area contributed by atoms with Gasteiger partial charge in [-0.15, -0.1) is 0 Å². The second-order valence-electron chi connectivity index (χ2n) is 4.01. The fourth-order valence-corrected chi connectivity index (χ4v) is 2.88. The van der Waals surface area contributed by atoms with Crippen LogP contribution < -0.4 is 4.74 Å². The number of benzene rings is 2. The van der Waals surface area contributed by atoms with Gasteiger partial charge in [0.2, 0.25) is 0 Å². The largest absolute Gasteiger partial charge is 0.494 e. The van der Waals surface area contributed by atoms with Gasteiger partial charge in [0.15, 0.2) is 5.78 Å². The summed E-state index contributed by atoms with van der Waals surface area (Å²) in [5, 5.41) is 0.415. The smallest absolute Gasteiger partial charge is 0.195 e. The van der Waals surface area contributed by atoms with Gasteiger partial charge in [0.1, 0.15) is 5.75 Å². The molecule has 0 aliphatic carbocycles. The summed E-state index contributed by atoms with van der Waals surface area (Å²) < 4.78 is 6.78. The Bertz CT molecular complexity index is 656. The van der Waals surface area contributed by atoms with Crippen molar-refractivity contribution in [2.24, 2.45) is 0 Å². The van der Waals surface area contributed by atoms with Crippen LogP contribution in [0.2, 0.25) is 5.02 Å². The molecule has 0 radical (unpaired) electrons. The third-order valence-corrected chi connectivity index (χ3v) is 4.64. The molecule has 2 aromatic rings. The standard InChI is InChI=1S/C15H11Br2ClO2/c1-2-20-9-6-7-10(13(17)8-9)15(19)11-4-3-5-12(16)14(11)18/h3-8H,2H2,1H3. The first-order chi connectivity index (χ1) is 9.54. The number of hydrogen-bond acceptors (Lipinski definition) is 2. The highest BCUT2D eigenvalue weighted by atomic mass is 79.9. The van der Waals surface area contributed by atoms with Crippen molar-refractivity contribution in [2.75, 3.05) is 6.61 Å². The number of hydrogen-bond donors (Lipinski definition) is 0. The Morgan fingerprint density at radius 3 is 2.55 bits per heavy atom. The summed E-state index contributed by atoms with van der Waals surface area (Å²) in [5.74, 6) is 0.586. The molecule has 0 amide bonds. The Labute approximate surface area is 139 Å². The molecule has 0 aromatic heterocycles. The van der Waals surface area contributed by atoms with Crippen LogP contribution in [0.3, 0.4) is 0 Å². The van der Waals surface area contributed by atoms with E-state index in [0.717, 1.165) is 5.75 Å². The zero-order chi connectivity index (χ0) is 14.7. The molecule has 2 aromatic carbocycles. The van der Waals surface area contributed by atoms with Gasteiger partial charge in [-0.05, 0) is 69.1 Å². The molecule has 20 heavy (non-hydrogen) atoms. The van der Waals surface area contributed by atoms with Gasteiger partial charge in [-0.3, -0.25) is 4.79 Å². The molecule has 0 fully saturated rings. The molecule has 104 valence electrons. The van der Waals surface area contributed by atoms with E-state index in [1.54, 1.807) is 36.4 Å². The monoisotopic (exact) mass is 416 g/mol. The van der Waals surface area contributed by atoms with E-state index in [2.05, 4.69) is 31.9 Å². The molecule has 2 rings (SSSR count). The van der Waals surface area contributed by atoms with E-state index < -0.39 is 0 Å². The summed E-state index contributed by atoms with van der Waals surface area (Å²) >= 11 is 12.9. The number of halogens is 3. The number of rotatable bonds is 4. The minimum absolute atomic E-state index is 0.133. The molecule has 0 aliphatic rings. The molecule has 0 unspecified atom stereocenters. The topological polar surface area (TPSA) is 26.3 Å². The molecular weight excluding hydrogens is 407 g/mol. The van der Waals surface area contributed by atoms with Crippen molar-refractivity contribution in [1.82, 2.24) is 0 Å². The highest BCUT2D eigenvalue weighted by Gasteiger charge is 2.17. The van der Waals surface area contributed by atoms with Crippen LogP contribution >= 0.6 is 43.5 Å². The minimum Gasteiger partial charge on any atom is -0.494 e. The SMILES string of the molecule is CCOc1ccc(C(=O)c2cccc(Br)c2Cl)c(Br)c1. The Balaban J connectivity index is 2.41. The van der Waals surface area contributed by atoms with Crippen molar-refractivity contribution in [2.45, 2.75) is 6.92 Å². The summed E-state index contributed by atoms with van der Waals surface area (Å²) in [7, 11) is 0. The molecule has 0 saturated carbocycles. The maximum Gasteiger partial charge on any atom is 0.195 e. The van der Waals surface area contributed by atoms with Gasteiger partial charge in [0.05, 0.1) is 11.6 Å². The zero-order valence-electron chi connectivity index (χ0n) is 10.6. The van der Waals surface area contributed by atoms with Crippen LogP contribution in [0.1, 0.15) is 22.8 Å². The predicted octanol–water partition coefficient (Wildman–Crippen LogP) is 5.49. The normalized spacial score (nSPS) is 10.4. The summed E-state index contributed by atoms with van der Waals surface area (Å²) in [5.41, 5.74) is 1.01. The Morgan fingerprint density at radius 1 is 1.15 bits per heavy atom. The lowest BCUT2D eigenvalue weighted by atomic mass is 10.0. The van der Waals surface area contributed by atoms with Crippen molar-refractivity contribution in [3.8, 4) is 5.75 Å². The third kappa shape index (κ3) is 3.25. The van der Waals surface area contributed by atoms with Crippen LogP contribution in [0.5, 0.6) is 5.75 Å².